The molecule has 1 amide bonds. The Labute approximate surface area is 133 Å². The second-order valence-electron chi connectivity index (χ2n) is 5.65. The van der Waals surface area contributed by atoms with Gasteiger partial charge in [-0.3, -0.25) is 9.48 Å². The SMILES string of the molecule is Cc1cc(C(=O)NC2CCN(c3nc(C)ns3)CC2)n(C)n1. The zero-order valence-electron chi connectivity index (χ0n) is 13.0. The molecule has 2 aromatic rings. The Kier molecular flexibility index (Phi) is 4.10. The third kappa shape index (κ3) is 3.11. The van der Waals surface area contributed by atoms with Gasteiger partial charge in [-0.2, -0.15) is 9.47 Å². The van der Waals surface area contributed by atoms with Gasteiger partial charge in [-0.15, -0.1) is 0 Å². The number of piperidine rings is 1. The van der Waals surface area contributed by atoms with Crippen LogP contribution in [0.15, 0.2) is 6.07 Å². The van der Waals surface area contributed by atoms with Crippen LogP contribution in [0.3, 0.4) is 0 Å². The van der Waals surface area contributed by atoms with E-state index in [0.29, 0.717) is 5.69 Å². The lowest BCUT2D eigenvalue weighted by atomic mass is 10.1. The number of hydrogen-bond donors (Lipinski definition) is 1. The highest BCUT2D eigenvalue weighted by Gasteiger charge is 2.24. The van der Waals surface area contributed by atoms with Gasteiger partial charge in [-0.05, 0) is 32.8 Å². The highest BCUT2D eigenvalue weighted by molar-refractivity contribution is 7.09. The van der Waals surface area contributed by atoms with Gasteiger partial charge in [-0.1, -0.05) is 0 Å². The molecule has 0 aromatic carbocycles. The van der Waals surface area contributed by atoms with E-state index in [-0.39, 0.29) is 11.9 Å². The average molecular weight is 320 g/mol. The van der Waals surface area contributed by atoms with Gasteiger partial charge in [0.05, 0.1) is 5.69 Å². The normalized spacial score (nSPS) is 16.0. The van der Waals surface area contributed by atoms with Crippen LogP contribution in [-0.4, -0.2) is 44.2 Å². The molecule has 1 aliphatic rings. The minimum Gasteiger partial charge on any atom is -0.348 e. The van der Waals surface area contributed by atoms with E-state index in [4.69, 9.17) is 0 Å². The van der Waals surface area contributed by atoms with Gasteiger partial charge in [0.2, 0.25) is 5.13 Å². The molecule has 0 bridgehead atoms. The van der Waals surface area contributed by atoms with Crippen molar-refractivity contribution in [2.45, 2.75) is 32.7 Å². The van der Waals surface area contributed by atoms with Crippen LogP contribution in [0, 0.1) is 13.8 Å². The van der Waals surface area contributed by atoms with Crippen LogP contribution in [0.5, 0.6) is 0 Å². The molecule has 1 fully saturated rings. The molecule has 2 aromatic heterocycles. The van der Waals surface area contributed by atoms with E-state index < -0.39 is 0 Å². The molecule has 1 aliphatic heterocycles. The number of amides is 1. The van der Waals surface area contributed by atoms with E-state index in [1.54, 1.807) is 11.7 Å². The predicted octanol–water partition coefficient (Wildman–Crippen LogP) is 1.29. The van der Waals surface area contributed by atoms with Crippen molar-refractivity contribution in [3.8, 4) is 0 Å². The summed E-state index contributed by atoms with van der Waals surface area (Å²) in [7, 11) is 1.79. The molecule has 3 rings (SSSR count). The largest absolute Gasteiger partial charge is 0.348 e. The summed E-state index contributed by atoms with van der Waals surface area (Å²) >= 11 is 1.44. The quantitative estimate of drug-likeness (QED) is 0.922. The first-order chi connectivity index (χ1) is 10.5. The Bertz CT molecular complexity index is 671. The van der Waals surface area contributed by atoms with E-state index in [1.165, 1.54) is 11.5 Å². The highest BCUT2D eigenvalue weighted by atomic mass is 32.1. The first kappa shape index (κ1) is 15.0. The molecule has 7 nitrogen and oxygen atoms in total. The molecule has 0 atom stereocenters. The molecule has 3 heterocycles. The molecular weight excluding hydrogens is 300 g/mol. The summed E-state index contributed by atoms with van der Waals surface area (Å²) in [5.41, 5.74) is 1.47. The number of aromatic nitrogens is 4. The number of carbonyl (C=O) groups excluding carboxylic acids is 1. The van der Waals surface area contributed by atoms with Crippen LogP contribution < -0.4 is 10.2 Å². The van der Waals surface area contributed by atoms with Crippen molar-refractivity contribution >= 4 is 22.6 Å². The summed E-state index contributed by atoms with van der Waals surface area (Å²) in [6.45, 7) is 5.58. The van der Waals surface area contributed by atoms with Crippen molar-refractivity contribution in [3.63, 3.8) is 0 Å². The number of anilines is 1. The minimum absolute atomic E-state index is 0.0479. The number of hydrogen-bond acceptors (Lipinski definition) is 6. The number of rotatable bonds is 3. The number of carbonyl (C=O) groups is 1. The van der Waals surface area contributed by atoms with Gasteiger partial charge in [-0.25, -0.2) is 4.98 Å². The molecule has 0 saturated carbocycles. The Morgan fingerprint density at radius 1 is 1.36 bits per heavy atom. The Hall–Kier alpha value is -1.96. The molecule has 1 saturated heterocycles. The zero-order valence-corrected chi connectivity index (χ0v) is 13.9. The first-order valence-electron chi connectivity index (χ1n) is 7.39. The van der Waals surface area contributed by atoms with Crippen LogP contribution in [0.4, 0.5) is 5.13 Å². The monoisotopic (exact) mass is 320 g/mol. The van der Waals surface area contributed by atoms with Gasteiger partial charge >= 0.3 is 0 Å². The van der Waals surface area contributed by atoms with E-state index in [0.717, 1.165) is 42.6 Å². The molecule has 118 valence electrons. The van der Waals surface area contributed by atoms with E-state index >= 15 is 0 Å². The Balaban J connectivity index is 1.55. The Morgan fingerprint density at radius 2 is 2.09 bits per heavy atom. The predicted molar refractivity (Wildman–Crippen MR) is 85.3 cm³/mol. The summed E-state index contributed by atoms with van der Waals surface area (Å²) < 4.78 is 5.85. The molecule has 1 N–H and O–H groups in total. The summed E-state index contributed by atoms with van der Waals surface area (Å²) in [6, 6.07) is 2.02. The first-order valence-corrected chi connectivity index (χ1v) is 8.17. The summed E-state index contributed by atoms with van der Waals surface area (Å²) in [4.78, 5) is 19.0. The van der Waals surface area contributed by atoms with Gasteiger partial charge in [0, 0.05) is 37.7 Å². The lowest BCUT2D eigenvalue weighted by Gasteiger charge is -2.31. The average Bonchev–Trinajstić information content (AvgIpc) is 3.05. The van der Waals surface area contributed by atoms with Crippen LogP contribution >= 0.6 is 11.5 Å². The van der Waals surface area contributed by atoms with Crippen molar-refractivity contribution in [2.24, 2.45) is 7.05 Å². The number of aryl methyl sites for hydroxylation is 3. The third-order valence-corrected chi connectivity index (χ3v) is 4.72. The second kappa shape index (κ2) is 6.04. The van der Waals surface area contributed by atoms with Gasteiger partial charge < -0.3 is 10.2 Å². The van der Waals surface area contributed by atoms with Gasteiger partial charge in [0.25, 0.3) is 5.91 Å². The van der Waals surface area contributed by atoms with E-state index in [2.05, 4.69) is 24.7 Å². The molecule has 8 heteroatoms. The minimum atomic E-state index is -0.0479. The van der Waals surface area contributed by atoms with Crippen molar-refractivity contribution in [3.05, 3.63) is 23.3 Å². The van der Waals surface area contributed by atoms with E-state index in [1.807, 2.05) is 19.9 Å². The summed E-state index contributed by atoms with van der Waals surface area (Å²) in [6.07, 6.45) is 1.84. The fourth-order valence-corrected chi connectivity index (χ4v) is 3.44. The topological polar surface area (TPSA) is 75.9 Å². The van der Waals surface area contributed by atoms with Crippen molar-refractivity contribution in [2.75, 3.05) is 18.0 Å². The van der Waals surface area contributed by atoms with Gasteiger partial charge in [0.15, 0.2) is 0 Å². The molecule has 0 unspecified atom stereocenters. The fourth-order valence-electron chi connectivity index (χ4n) is 2.71. The summed E-state index contributed by atoms with van der Waals surface area (Å²) in [5, 5.41) is 8.30. The van der Waals surface area contributed by atoms with Crippen LogP contribution in [0.2, 0.25) is 0 Å². The maximum Gasteiger partial charge on any atom is 0.269 e. The Morgan fingerprint density at radius 3 is 2.64 bits per heavy atom. The van der Waals surface area contributed by atoms with Crippen molar-refractivity contribution < 1.29 is 4.79 Å². The number of nitrogens with one attached hydrogen (secondary N) is 1. The lowest BCUT2D eigenvalue weighted by Crippen LogP contribution is -2.45. The fraction of sp³-hybridized carbons (Fsp3) is 0.571. The third-order valence-electron chi connectivity index (χ3n) is 3.85. The molecule has 0 aliphatic carbocycles. The maximum absolute atomic E-state index is 12.3. The standard InChI is InChI=1S/C14H20N6OS/c1-9-8-12(19(3)17-9)13(21)16-11-4-6-20(7-5-11)14-15-10(2)18-22-14/h8,11H,4-7H2,1-3H3,(H,16,21). The lowest BCUT2D eigenvalue weighted by molar-refractivity contribution is 0.0921. The van der Waals surface area contributed by atoms with Gasteiger partial charge in [0.1, 0.15) is 11.5 Å². The van der Waals surface area contributed by atoms with Crippen LogP contribution in [0.1, 0.15) is 34.8 Å². The van der Waals surface area contributed by atoms with Crippen LogP contribution in [-0.2, 0) is 7.05 Å². The zero-order chi connectivity index (χ0) is 15.7. The molecular formula is C14H20N6OS. The maximum atomic E-state index is 12.3. The highest BCUT2D eigenvalue weighted by Crippen LogP contribution is 2.21. The molecule has 22 heavy (non-hydrogen) atoms. The molecule has 0 spiro atoms. The van der Waals surface area contributed by atoms with E-state index in [9.17, 15) is 4.79 Å². The van der Waals surface area contributed by atoms with Crippen molar-refractivity contribution in [1.29, 1.82) is 0 Å². The van der Waals surface area contributed by atoms with Crippen molar-refractivity contribution in [1.82, 2.24) is 24.5 Å². The van der Waals surface area contributed by atoms with Crippen LogP contribution in [0.25, 0.3) is 0 Å². The second-order valence-corrected chi connectivity index (χ2v) is 6.38. The number of nitrogens with zero attached hydrogens (tertiary/aromatic N) is 5. The smallest absolute Gasteiger partial charge is 0.269 e. The summed E-state index contributed by atoms with van der Waals surface area (Å²) in [5.74, 6) is 0.773. The molecule has 0 radical (unpaired) electrons.